The smallest absolute Gasteiger partial charge is 0.222 e. The van der Waals surface area contributed by atoms with Gasteiger partial charge in [0, 0.05) is 51.5 Å². The number of rotatable bonds is 6. The zero-order valence-electron chi connectivity index (χ0n) is 18.9. The number of nitrogens with two attached hydrogens (primary N) is 1. The van der Waals surface area contributed by atoms with E-state index in [0.29, 0.717) is 18.5 Å². The van der Waals surface area contributed by atoms with Gasteiger partial charge < -0.3 is 20.9 Å². The largest absolute Gasteiger partial charge is 0.369 e. The highest BCUT2D eigenvalue weighted by molar-refractivity contribution is 5.80. The monoisotopic (exact) mass is 414 g/mol. The Labute approximate surface area is 181 Å². The van der Waals surface area contributed by atoms with Crippen LogP contribution in [0.3, 0.4) is 0 Å². The van der Waals surface area contributed by atoms with E-state index < -0.39 is 0 Å². The number of anilines is 1. The van der Waals surface area contributed by atoms with Crippen LogP contribution in [0.25, 0.3) is 0 Å². The van der Waals surface area contributed by atoms with Gasteiger partial charge in [-0.25, -0.2) is 4.98 Å². The van der Waals surface area contributed by atoms with Gasteiger partial charge in [-0.15, -0.1) is 0 Å². The third-order valence-electron chi connectivity index (χ3n) is 6.57. The molecule has 1 aromatic rings. The molecule has 0 bridgehead atoms. The Bertz CT molecular complexity index is 747. The molecule has 1 amide bonds. The topological polar surface area (TPSA) is 86.8 Å². The number of carbonyl (C=O) groups excluding carboxylic acids is 1. The van der Waals surface area contributed by atoms with Crippen LogP contribution in [0.15, 0.2) is 23.3 Å². The molecule has 0 aliphatic carbocycles. The molecule has 2 atom stereocenters. The van der Waals surface area contributed by atoms with E-state index in [-0.39, 0.29) is 11.8 Å². The van der Waals surface area contributed by atoms with Gasteiger partial charge in [-0.05, 0) is 43.6 Å². The van der Waals surface area contributed by atoms with E-state index in [9.17, 15) is 4.79 Å². The van der Waals surface area contributed by atoms with E-state index in [1.165, 1.54) is 25.7 Å². The number of hydrogen-bond acceptors (Lipinski definition) is 4. The highest BCUT2D eigenvalue weighted by atomic mass is 16.1. The molecule has 7 nitrogen and oxygen atoms in total. The van der Waals surface area contributed by atoms with Gasteiger partial charge in [0.15, 0.2) is 5.96 Å². The van der Waals surface area contributed by atoms with Crippen LogP contribution in [0.4, 0.5) is 5.82 Å². The van der Waals surface area contributed by atoms with Crippen molar-refractivity contribution in [3.63, 3.8) is 0 Å². The molecule has 3 rings (SSSR count). The van der Waals surface area contributed by atoms with Crippen LogP contribution in [0.5, 0.6) is 0 Å². The summed E-state index contributed by atoms with van der Waals surface area (Å²) in [7, 11) is 1.86. The third-order valence-corrected chi connectivity index (χ3v) is 6.57. The van der Waals surface area contributed by atoms with E-state index in [1.807, 2.05) is 19.3 Å². The third kappa shape index (κ3) is 5.43. The summed E-state index contributed by atoms with van der Waals surface area (Å²) in [6.45, 7) is 8.98. The van der Waals surface area contributed by atoms with Crippen molar-refractivity contribution in [3.8, 4) is 0 Å². The summed E-state index contributed by atoms with van der Waals surface area (Å²) in [6.07, 6.45) is 8.62. The quantitative estimate of drug-likeness (QED) is 0.552. The number of guanidine groups is 1. The van der Waals surface area contributed by atoms with Crippen LogP contribution in [0.1, 0.15) is 57.9 Å². The number of hydrogen-bond donors (Lipinski definition) is 2. The molecule has 2 aliphatic rings. The van der Waals surface area contributed by atoms with Crippen LogP contribution in [-0.2, 0) is 11.3 Å². The summed E-state index contributed by atoms with van der Waals surface area (Å²) in [5.74, 6) is 1.59. The SMILES string of the molecule is CCCC1(C)CCCN(C(=NC)NCc2cccnc2N2CCCC(C(N)=O)C2)C1. The van der Waals surface area contributed by atoms with Gasteiger partial charge in [0.05, 0.1) is 5.92 Å². The maximum atomic E-state index is 11.7. The number of aliphatic imine (C=N–C) groups is 1. The van der Waals surface area contributed by atoms with Gasteiger partial charge in [-0.1, -0.05) is 26.3 Å². The molecule has 2 saturated heterocycles. The Balaban J connectivity index is 1.67. The van der Waals surface area contributed by atoms with E-state index in [1.54, 1.807) is 0 Å². The maximum absolute atomic E-state index is 11.7. The van der Waals surface area contributed by atoms with Gasteiger partial charge in [0.2, 0.25) is 5.91 Å². The zero-order chi connectivity index (χ0) is 21.6. The van der Waals surface area contributed by atoms with Crippen molar-refractivity contribution >= 4 is 17.7 Å². The van der Waals surface area contributed by atoms with Crippen molar-refractivity contribution in [3.05, 3.63) is 23.9 Å². The molecule has 2 aliphatic heterocycles. The van der Waals surface area contributed by atoms with Crippen molar-refractivity contribution in [2.24, 2.45) is 22.1 Å². The number of likely N-dealkylation sites (tertiary alicyclic amines) is 1. The molecule has 3 heterocycles. The second kappa shape index (κ2) is 10.1. The van der Waals surface area contributed by atoms with Crippen molar-refractivity contribution in [2.75, 3.05) is 38.1 Å². The number of amides is 1. The zero-order valence-corrected chi connectivity index (χ0v) is 18.9. The van der Waals surface area contributed by atoms with Crippen LogP contribution >= 0.6 is 0 Å². The number of nitrogens with zero attached hydrogens (tertiary/aromatic N) is 4. The standard InChI is InChI=1S/C23H38N6O/c1-4-10-23(2)11-7-14-29(17-23)22(25-3)27-15-18-8-5-12-26-21(18)28-13-6-9-19(16-28)20(24)30/h5,8,12,19H,4,6-7,9-11,13-17H2,1-3H3,(H2,24,30)(H,25,27). The molecular formula is C23H38N6O. The Morgan fingerprint density at radius 1 is 1.40 bits per heavy atom. The summed E-state index contributed by atoms with van der Waals surface area (Å²) >= 11 is 0. The summed E-state index contributed by atoms with van der Waals surface area (Å²) in [4.78, 5) is 25.5. The van der Waals surface area contributed by atoms with Gasteiger partial charge in [-0.3, -0.25) is 9.79 Å². The van der Waals surface area contributed by atoms with Crippen LogP contribution in [0, 0.1) is 11.3 Å². The molecule has 7 heteroatoms. The summed E-state index contributed by atoms with van der Waals surface area (Å²) < 4.78 is 0. The second-order valence-electron chi connectivity index (χ2n) is 9.16. The fourth-order valence-corrected chi connectivity index (χ4v) is 5.07. The summed E-state index contributed by atoms with van der Waals surface area (Å²) in [5, 5.41) is 3.57. The van der Waals surface area contributed by atoms with Crippen molar-refractivity contribution in [2.45, 2.75) is 58.9 Å². The lowest BCUT2D eigenvalue weighted by Gasteiger charge is -2.42. The number of pyridine rings is 1. The first-order chi connectivity index (χ1) is 14.5. The van der Waals surface area contributed by atoms with Crippen molar-refractivity contribution < 1.29 is 4.79 Å². The van der Waals surface area contributed by atoms with E-state index in [4.69, 9.17) is 5.73 Å². The minimum Gasteiger partial charge on any atom is -0.369 e. The van der Waals surface area contributed by atoms with Crippen LogP contribution in [-0.4, -0.2) is 55.0 Å². The molecule has 166 valence electrons. The molecule has 0 aromatic carbocycles. The maximum Gasteiger partial charge on any atom is 0.222 e. The molecule has 2 fully saturated rings. The van der Waals surface area contributed by atoms with Gasteiger partial charge in [0.1, 0.15) is 5.82 Å². The highest BCUT2D eigenvalue weighted by Crippen LogP contribution is 2.34. The molecule has 3 N–H and O–H groups in total. The molecule has 0 saturated carbocycles. The average Bonchev–Trinajstić information content (AvgIpc) is 2.74. The van der Waals surface area contributed by atoms with E-state index in [0.717, 1.165) is 49.8 Å². The first-order valence-electron chi connectivity index (χ1n) is 11.4. The summed E-state index contributed by atoms with van der Waals surface area (Å²) in [5.41, 5.74) is 7.05. The van der Waals surface area contributed by atoms with Crippen LogP contribution < -0.4 is 16.0 Å². The molecule has 0 spiro atoms. The lowest BCUT2D eigenvalue weighted by molar-refractivity contribution is -0.122. The molecule has 30 heavy (non-hydrogen) atoms. The fraction of sp³-hybridized carbons (Fsp3) is 0.696. The molecule has 0 radical (unpaired) electrons. The predicted octanol–water partition coefficient (Wildman–Crippen LogP) is 2.76. The Morgan fingerprint density at radius 2 is 2.23 bits per heavy atom. The first-order valence-corrected chi connectivity index (χ1v) is 11.4. The highest BCUT2D eigenvalue weighted by Gasteiger charge is 2.31. The fourth-order valence-electron chi connectivity index (χ4n) is 5.07. The molecular weight excluding hydrogens is 376 g/mol. The van der Waals surface area contributed by atoms with Gasteiger partial charge in [0.25, 0.3) is 0 Å². The minimum atomic E-state index is -0.212. The average molecular weight is 415 g/mol. The first kappa shape index (κ1) is 22.4. The lowest BCUT2D eigenvalue weighted by Crippen LogP contribution is -2.49. The number of aromatic nitrogens is 1. The number of carbonyl (C=O) groups is 1. The minimum absolute atomic E-state index is 0.0982. The Kier molecular flexibility index (Phi) is 7.56. The lowest BCUT2D eigenvalue weighted by atomic mass is 9.78. The second-order valence-corrected chi connectivity index (χ2v) is 9.16. The predicted molar refractivity (Wildman–Crippen MR) is 122 cm³/mol. The van der Waals surface area contributed by atoms with Crippen LogP contribution in [0.2, 0.25) is 0 Å². The Morgan fingerprint density at radius 3 is 2.97 bits per heavy atom. The van der Waals surface area contributed by atoms with E-state index in [2.05, 4.69) is 45.0 Å². The molecule has 2 unspecified atom stereocenters. The normalized spacial score (nSPS) is 25.3. The van der Waals surface area contributed by atoms with Crippen molar-refractivity contribution in [1.82, 2.24) is 15.2 Å². The van der Waals surface area contributed by atoms with Gasteiger partial charge in [-0.2, -0.15) is 0 Å². The Hall–Kier alpha value is -2.31. The number of piperidine rings is 2. The van der Waals surface area contributed by atoms with E-state index >= 15 is 0 Å². The summed E-state index contributed by atoms with van der Waals surface area (Å²) in [6, 6.07) is 4.08. The van der Waals surface area contributed by atoms with Crippen molar-refractivity contribution in [1.29, 1.82) is 0 Å². The molecule has 1 aromatic heterocycles. The number of nitrogens with one attached hydrogen (secondary N) is 1. The van der Waals surface area contributed by atoms with Gasteiger partial charge >= 0.3 is 0 Å². The number of primary amides is 1.